The number of ether oxygens (including phenoxy) is 1. The largest absolute Gasteiger partial charge is 0.497 e. The maximum absolute atomic E-state index is 5.13. The van der Waals surface area contributed by atoms with Crippen molar-refractivity contribution in [2.24, 2.45) is 0 Å². The second kappa shape index (κ2) is 5.02. The van der Waals surface area contributed by atoms with Gasteiger partial charge in [-0.3, -0.25) is 0 Å². The molecule has 1 aromatic heterocycles. The summed E-state index contributed by atoms with van der Waals surface area (Å²) in [6.07, 6.45) is 1.85. The number of hydrogen-bond donors (Lipinski definition) is 1. The number of para-hydroxylation sites is 2. The van der Waals surface area contributed by atoms with Crippen molar-refractivity contribution in [3.05, 3.63) is 54.9 Å². The summed E-state index contributed by atoms with van der Waals surface area (Å²) in [4.78, 5) is 4.36. The van der Waals surface area contributed by atoms with Gasteiger partial charge in [0.25, 0.3) is 0 Å². The van der Waals surface area contributed by atoms with Gasteiger partial charge in [-0.2, -0.15) is 0 Å². The van der Waals surface area contributed by atoms with Crippen LogP contribution >= 0.6 is 0 Å². The summed E-state index contributed by atoms with van der Waals surface area (Å²) in [5.41, 5.74) is 3.20. The molecule has 0 atom stereocenters. The molecule has 0 spiro atoms. The van der Waals surface area contributed by atoms with Crippen molar-refractivity contribution < 1.29 is 4.74 Å². The lowest BCUT2D eigenvalue weighted by Gasteiger charge is -2.09. The number of methoxy groups -OCH3 is 1. The third-order valence-electron chi connectivity index (χ3n) is 3.07. The molecule has 0 aliphatic carbocycles. The van der Waals surface area contributed by atoms with E-state index < -0.39 is 0 Å². The number of aromatic nitrogens is 2. The molecule has 0 radical (unpaired) electrons. The zero-order valence-electron chi connectivity index (χ0n) is 10.7. The first kappa shape index (κ1) is 11.6. The Bertz CT molecular complexity index is 673. The lowest BCUT2D eigenvalue weighted by molar-refractivity contribution is 0.415. The minimum Gasteiger partial charge on any atom is -0.497 e. The van der Waals surface area contributed by atoms with Crippen LogP contribution in [0.25, 0.3) is 11.0 Å². The van der Waals surface area contributed by atoms with E-state index in [4.69, 9.17) is 4.74 Å². The quantitative estimate of drug-likeness (QED) is 0.776. The van der Waals surface area contributed by atoms with Crippen LogP contribution in [0.15, 0.2) is 54.9 Å². The molecule has 0 amide bonds. The fourth-order valence-electron chi connectivity index (χ4n) is 2.02. The van der Waals surface area contributed by atoms with Crippen LogP contribution in [0.2, 0.25) is 0 Å². The second-order valence-corrected chi connectivity index (χ2v) is 4.27. The molecule has 1 heterocycles. The zero-order valence-corrected chi connectivity index (χ0v) is 10.7. The van der Waals surface area contributed by atoms with Crippen LogP contribution in [0.3, 0.4) is 0 Å². The Morgan fingerprint density at radius 3 is 2.68 bits per heavy atom. The van der Waals surface area contributed by atoms with Crippen molar-refractivity contribution in [3.8, 4) is 5.75 Å². The van der Waals surface area contributed by atoms with Gasteiger partial charge >= 0.3 is 0 Å². The lowest BCUT2D eigenvalue weighted by Crippen LogP contribution is -2.06. The number of hydrogen-bond acceptors (Lipinski definition) is 3. The van der Waals surface area contributed by atoms with Crippen molar-refractivity contribution in [2.45, 2.75) is 6.67 Å². The highest BCUT2D eigenvalue weighted by atomic mass is 16.5. The molecule has 0 aliphatic heterocycles. The Morgan fingerprint density at radius 1 is 1.11 bits per heavy atom. The van der Waals surface area contributed by atoms with E-state index in [0.29, 0.717) is 6.67 Å². The molecule has 0 unspecified atom stereocenters. The van der Waals surface area contributed by atoms with Gasteiger partial charge in [0.15, 0.2) is 0 Å². The van der Waals surface area contributed by atoms with Crippen LogP contribution in [0.5, 0.6) is 5.75 Å². The fraction of sp³-hybridized carbons (Fsp3) is 0.133. The Kier molecular flexibility index (Phi) is 3.06. The van der Waals surface area contributed by atoms with Crippen LogP contribution in [0.4, 0.5) is 5.69 Å². The van der Waals surface area contributed by atoms with E-state index in [1.807, 2.05) is 48.8 Å². The smallest absolute Gasteiger partial charge is 0.119 e. The molecule has 0 fully saturated rings. The average Bonchev–Trinajstić information content (AvgIpc) is 2.89. The van der Waals surface area contributed by atoms with Gasteiger partial charge in [-0.05, 0) is 36.4 Å². The topological polar surface area (TPSA) is 39.1 Å². The fourth-order valence-corrected chi connectivity index (χ4v) is 2.02. The first-order valence-electron chi connectivity index (χ1n) is 6.14. The van der Waals surface area contributed by atoms with Gasteiger partial charge in [0.2, 0.25) is 0 Å². The zero-order chi connectivity index (χ0) is 13.1. The number of nitrogens with one attached hydrogen (secondary N) is 1. The van der Waals surface area contributed by atoms with Crippen LogP contribution in [-0.2, 0) is 6.67 Å². The number of fused-ring (bicyclic) bond motifs is 1. The Morgan fingerprint density at radius 2 is 1.89 bits per heavy atom. The molecule has 0 aliphatic rings. The summed E-state index contributed by atoms with van der Waals surface area (Å²) in [6, 6.07) is 16.0. The molecule has 2 aromatic carbocycles. The Hall–Kier alpha value is -2.49. The van der Waals surface area contributed by atoms with Crippen LogP contribution in [0.1, 0.15) is 0 Å². The van der Waals surface area contributed by atoms with Gasteiger partial charge in [-0.1, -0.05) is 12.1 Å². The molecule has 0 bridgehead atoms. The highest BCUT2D eigenvalue weighted by Gasteiger charge is 2.00. The van der Waals surface area contributed by atoms with Gasteiger partial charge in [-0.15, -0.1) is 0 Å². The van der Waals surface area contributed by atoms with Gasteiger partial charge < -0.3 is 14.6 Å². The van der Waals surface area contributed by atoms with E-state index in [2.05, 4.69) is 20.9 Å². The maximum atomic E-state index is 5.13. The van der Waals surface area contributed by atoms with Crippen molar-refractivity contribution in [1.29, 1.82) is 0 Å². The normalized spacial score (nSPS) is 10.6. The summed E-state index contributed by atoms with van der Waals surface area (Å²) >= 11 is 0. The van der Waals surface area contributed by atoms with E-state index in [1.165, 1.54) is 0 Å². The SMILES string of the molecule is COc1ccc(NCn2cnc3ccccc32)cc1. The highest BCUT2D eigenvalue weighted by molar-refractivity contribution is 5.75. The minimum atomic E-state index is 0.687. The van der Waals surface area contributed by atoms with Gasteiger partial charge in [0, 0.05) is 5.69 Å². The van der Waals surface area contributed by atoms with Crippen molar-refractivity contribution in [1.82, 2.24) is 9.55 Å². The molecule has 96 valence electrons. The van der Waals surface area contributed by atoms with Crippen LogP contribution in [-0.4, -0.2) is 16.7 Å². The summed E-state index contributed by atoms with van der Waals surface area (Å²) in [7, 11) is 1.67. The molecule has 0 saturated heterocycles. The van der Waals surface area contributed by atoms with Crippen molar-refractivity contribution in [3.63, 3.8) is 0 Å². The van der Waals surface area contributed by atoms with Gasteiger partial charge in [0.1, 0.15) is 5.75 Å². The Labute approximate surface area is 111 Å². The number of rotatable bonds is 4. The summed E-state index contributed by atoms with van der Waals surface area (Å²) in [6.45, 7) is 0.687. The average molecular weight is 253 g/mol. The highest BCUT2D eigenvalue weighted by Crippen LogP contribution is 2.16. The van der Waals surface area contributed by atoms with Crippen molar-refractivity contribution >= 4 is 16.7 Å². The van der Waals surface area contributed by atoms with Crippen molar-refractivity contribution in [2.75, 3.05) is 12.4 Å². The number of anilines is 1. The first-order chi connectivity index (χ1) is 9.36. The molecule has 19 heavy (non-hydrogen) atoms. The van der Waals surface area contributed by atoms with E-state index in [1.54, 1.807) is 7.11 Å². The van der Waals surface area contributed by atoms with E-state index in [0.717, 1.165) is 22.5 Å². The standard InChI is InChI=1S/C15H15N3O/c1-19-13-8-6-12(7-9-13)16-10-18-11-17-14-4-2-3-5-15(14)18/h2-9,11,16H,10H2,1H3. The predicted molar refractivity (Wildman–Crippen MR) is 76.3 cm³/mol. The van der Waals surface area contributed by atoms with E-state index in [9.17, 15) is 0 Å². The van der Waals surface area contributed by atoms with Crippen LogP contribution < -0.4 is 10.1 Å². The third kappa shape index (κ3) is 2.38. The maximum Gasteiger partial charge on any atom is 0.119 e. The second-order valence-electron chi connectivity index (χ2n) is 4.27. The molecule has 4 heteroatoms. The summed E-state index contributed by atoms with van der Waals surface area (Å²) in [5.74, 6) is 0.860. The van der Waals surface area contributed by atoms with E-state index in [-0.39, 0.29) is 0 Å². The van der Waals surface area contributed by atoms with Gasteiger partial charge in [-0.25, -0.2) is 4.98 Å². The number of nitrogens with zero attached hydrogens (tertiary/aromatic N) is 2. The molecule has 3 aromatic rings. The molecular formula is C15H15N3O. The summed E-state index contributed by atoms with van der Waals surface area (Å²) < 4.78 is 7.22. The Balaban J connectivity index is 1.74. The molecule has 4 nitrogen and oxygen atoms in total. The lowest BCUT2D eigenvalue weighted by atomic mass is 10.3. The molecule has 3 rings (SSSR count). The first-order valence-corrected chi connectivity index (χ1v) is 6.14. The van der Waals surface area contributed by atoms with E-state index >= 15 is 0 Å². The number of imidazole rings is 1. The van der Waals surface area contributed by atoms with Crippen LogP contribution in [0, 0.1) is 0 Å². The minimum absolute atomic E-state index is 0.687. The molecule has 0 saturated carbocycles. The monoisotopic (exact) mass is 253 g/mol. The summed E-state index contributed by atoms with van der Waals surface area (Å²) in [5, 5.41) is 3.36. The third-order valence-corrected chi connectivity index (χ3v) is 3.07. The molecular weight excluding hydrogens is 238 g/mol. The number of benzene rings is 2. The van der Waals surface area contributed by atoms with Gasteiger partial charge in [0.05, 0.1) is 31.1 Å². The molecule has 1 N–H and O–H groups in total. The predicted octanol–water partition coefficient (Wildman–Crippen LogP) is 3.11.